The topological polar surface area (TPSA) is 76.1 Å². The standard InChI is InChI=1S/C28H39NO5S/c1-18-5-7-19(8-6-18)26(30)29(20-9-11-21(12-10-20)34-22-16-33-17-22)24-15-23(13-14-28(2,3)4)35-25(24)27(31)32/h15,18-22H,5-12,16-17H2,1-4H3,(H,31,32)/t18-,19-,20-,21-. The zero-order valence-electron chi connectivity index (χ0n) is 21.5. The number of ether oxygens (including phenoxy) is 2. The van der Waals surface area contributed by atoms with Crippen molar-refractivity contribution in [2.24, 2.45) is 17.3 Å². The molecule has 2 aliphatic carbocycles. The number of carboxylic acid groups (broad SMARTS) is 1. The van der Waals surface area contributed by atoms with Crippen LogP contribution in [-0.4, -0.2) is 48.4 Å². The predicted octanol–water partition coefficient (Wildman–Crippen LogP) is 5.73. The zero-order valence-corrected chi connectivity index (χ0v) is 22.3. The first kappa shape index (κ1) is 26.2. The van der Waals surface area contributed by atoms with Crippen LogP contribution in [0.2, 0.25) is 0 Å². The number of hydrogen-bond acceptors (Lipinski definition) is 5. The van der Waals surface area contributed by atoms with Crippen molar-refractivity contribution in [3.05, 3.63) is 15.8 Å². The highest BCUT2D eigenvalue weighted by atomic mass is 32.1. The molecule has 1 saturated heterocycles. The maximum atomic E-state index is 14.0. The van der Waals surface area contributed by atoms with E-state index in [1.54, 1.807) is 0 Å². The van der Waals surface area contributed by atoms with Gasteiger partial charge in [0.15, 0.2) is 0 Å². The van der Waals surface area contributed by atoms with E-state index >= 15 is 0 Å². The highest BCUT2D eigenvalue weighted by Gasteiger charge is 2.38. The number of anilines is 1. The quantitative estimate of drug-likeness (QED) is 0.504. The first-order chi connectivity index (χ1) is 16.6. The predicted molar refractivity (Wildman–Crippen MR) is 138 cm³/mol. The third kappa shape index (κ3) is 6.67. The van der Waals surface area contributed by atoms with E-state index in [2.05, 4.69) is 18.8 Å². The molecule has 1 amide bonds. The van der Waals surface area contributed by atoms with Crippen LogP contribution in [0.5, 0.6) is 0 Å². The number of nitrogens with zero attached hydrogens (tertiary/aromatic N) is 1. The molecule has 1 aromatic rings. The molecule has 35 heavy (non-hydrogen) atoms. The maximum absolute atomic E-state index is 14.0. The van der Waals surface area contributed by atoms with Gasteiger partial charge in [0.25, 0.3) is 0 Å². The summed E-state index contributed by atoms with van der Waals surface area (Å²) >= 11 is 1.18. The molecule has 3 fully saturated rings. The smallest absolute Gasteiger partial charge is 0.348 e. The van der Waals surface area contributed by atoms with Crippen molar-refractivity contribution in [2.45, 2.75) is 97.3 Å². The second-order valence-corrected chi connectivity index (χ2v) is 12.6. The van der Waals surface area contributed by atoms with Crippen molar-refractivity contribution in [2.75, 3.05) is 18.1 Å². The number of carboxylic acids is 1. The van der Waals surface area contributed by atoms with Gasteiger partial charge in [-0.1, -0.05) is 18.8 Å². The number of carbonyl (C=O) groups is 2. The molecule has 0 unspecified atom stereocenters. The highest BCUT2D eigenvalue weighted by Crippen LogP contribution is 2.39. The molecule has 0 atom stereocenters. The van der Waals surface area contributed by atoms with Gasteiger partial charge in [-0.2, -0.15) is 0 Å². The van der Waals surface area contributed by atoms with Crippen LogP contribution in [0.3, 0.4) is 0 Å². The SMILES string of the molecule is CC(C)(C)C#Cc1cc(N(C(=O)[C@H]2CC[C@H](C)CC2)[C@H]2CC[C@H](OC3COC3)CC2)c(C(=O)O)s1. The van der Waals surface area contributed by atoms with Crippen LogP contribution in [0.1, 0.15) is 93.6 Å². The van der Waals surface area contributed by atoms with Gasteiger partial charge in [-0.3, -0.25) is 4.79 Å². The molecular weight excluding hydrogens is 462 g/mol. The fraction of sp³-hybridized carbons (Fsp3) is 0.714. The summed E-state index contributed by atoms with van der Waals surface area (Å²) in [5.74, 6) is 6.06. The molecule has 0 spiro atoms. The Morgan fingerprint density at radius 1 is 1.06 bits per heavy atom. The van der Waals surface area contributed by atoms with Crippen LogP contribution in [0.15, 0.2) is 6.07 Å². The van der Waals surface area contributed by atoms with E-state index in [0.29, 0.717) is 29.7 Å². The summed E-state index contributed by atoms with van der Waals surface area (Å²) in [4.78, 5) is 29.0. The van der Waals surface area contributed by atoms with E-state index in [1.165, 1.54) is 11.3 Å². The van der Waals surface area contributed by atoms with E-state index in [-0.39, 0.29) is 40.4 Å². The lowest BCUT2D eigenvalue weighted by Gasteiger charge is -2.40. The first-order valence-electron chi connectivity index (χ1n) is 13.1. The van der Waals surface area contributed by atoms with Crippen molar-refractivity contribution < 1.29 is 24.2 Å². The molecule has 0 bridgehead atoms. The van der Waals surface area contributed by atoms with Crippen molar-refractivity contribution in [1.82, 2.24) is 0 Å². The lowest BCUT2D eigenvalue weighted by molar-refractivity contribution is -0.160. The number of hydrogen-bond donors (Lipinski definition) is 1. The summed E-state index contributed by atoms with van der Waals surface area (Å²) < 4.78 is 11.4. The van der Waals surface area contributed by atoms with Crippen molar-refractivity contribution in [3.63, 3.8) is 0 Å². The number of amides is 1. The van der Waals surface area contributed by atoms with Gasteiger partial charge < -0.3 is 19.5 Å². The molecule has 0 radical (unpaired) electrons. The normalized spacial score (nSPS) is 27.4. The molecule has 2 saturated carbocycles. The van der Waals surface area contributed by atoms with Gasteiger partial charge in [0.05, 0.1) is 29.9 Å². The van der Waals surface area contributed by atoms with Crippen LogP contribution < -0.4 is 4.90 Å². The molecule has 192 valence electrons. The van der Waals surface area contributed by atoms with E-state index in [1.807, 2.05) is 31.7 Å². The monoisotopic (exact) mass is 501 g/mol. The van der Waals surface area contributed by atoms with Gasteiger partial charge in [-0.15, -0.1) is 11.3 Å². The van der Waals surface area contributed by atoms with Gasteiger partial charge in [0.2, 0.25) is 5.91 Å². The van der Waals surface area contributed by atoms with Crippen molar-refractivity contribution >= 4 is 28.9 Å². The third-order valence-electron chi connectivity index (χ3n) is 7.33. The van der Waals surface area contributed by atoms with E-state index in [4.69, 9.17) is 9.47 Å². The van der Waals surface area contributed by atoms with Gasteiger partial charge in [0, 0.05) is 17.4 Å². The van der Waals surface area contributed by atoms with Gasteiger partial charge in [-0.25, -0.2) is 4.79 Å². The van der Waals surface area contributed by atoms with Crippen LogP contribution in [0.25, 0.3) is 0 Å². The summed E-state index contributed by atoms with van der Waals surface area (Å²) in [5.41, 5.74) is 0.340. The molecule has 1 aromatic heterocycles. The number of rotatable bonds is 6. The summed E-state index contributed by atoms with van der Waals surface area (Å²) in [7, 11) is 0. The Bertz CT molecular complexity index is 964. The lowest BCUT2D eigenvalue weighted by atomic mass is 9.81. The molecule has 3 aliphatic rings. The number of aromatic carboxylic acids is 1. The Morgan fingerprint density at radius 3 is 2.26 bits per heavy atom. The van der Waals surface area contributed by atoms with Gasteiger partial charge >= 0.3 is 5.97 Å². The van der Waals surface area contributed by atoms with Crippen LogP contribution in [0, 0.1) is 29.1 Å². The Kier molecular flexibility index (Phi) is 8.25. The molecular formula is C28H39NO5S. The summed E-state index contributed by atoms with van der Waals surface area (Å²) in [5, 5.41) is 10.0. The minimum Gasteiger partial charge on any atom is -0.477 e. The molecule has 1 aliphatic heterocycles. The number of carbonyl (C=O) groups excluding carboxylic acids is 1. The average molecular weight is 502 g/mol. The van der Waals surface area contributed by atoms with Crippen LogP contribution in [-0.2, 0) is 14.3 Å². The first-order valence-corrected chi connectivity index (χ1v) is 13.9. The maximum Gasteiger partial charge on any atom is 0.348 e. The Hall–Kier alpha value is -1.88. The Balaban J connectivity index is 1.61. The minimum atomic E-state index is -0.995. The average Bonchev–Trinajstić information content (AvgIpc) is 3.20. The fourth-order valence-electron chi connectivity index (χ4n) is 5.23. The molecule has 2 heterocycles. The molecule has 6 nitrogen and oxygen atoms in total. The van der Waals surface area contributed by atoms with Crippen molar-refractivity contribution in [1.29, 1.82) is 0 Å². The minimum absolute atomic E-state index is 0.0181. The van der Waals surface area contributed by atoms with E-state index < -0.39 is 5.97 Å². The number of thiophene rings is 1. The third-order valence-corrected chi connectivity index (χ3v) is 8.36. The molecule has 0 aromatic carbocycles. The van der Waals surface area contributed by atoms with Gasteiger partial charge in [0.1, 0.15) is 11.0 Å². The molecule has 1 N–H and O–H groups in total. The van der Waals surface area contributed by atoms with Crippen molar-refractivity contribution in [3.8, 4) is 11.8 Å². The second kappa shape index (κ2) is 11.0. The summed E-state index contributed by atoms with van der Waals surface area (Å²) in [6.45, 7) is 9.67. The van der Waals surface area contributed by atoms with E-state index in [0.717, 1.165) is 51.4 Å². The second-order valence-electron chi connectivity index (χ2n) is 11.5. The Labute approximate surface area is 213 Å². The fourth-order valence-corrected chi connectivity index (χ4v) is 6.07. The van der Waals surface area contributed by atoms with E-state index in [9.17, 15) is 14.7 Å². The van der Waals surface area contributed by atoms with Crippen LogP contribution >= 0.6 is 11.3 Å². The van der Waals surface area contributed by atoms with Crippen LogP contribution in [0.4, 0.5) is 5.69 Å². The van der Waals surface area contributed by atoms with Gasteiger partial charge in [-0.05, 0) is 84.1 Å². The summed E-state index contributed by atoms with van der Waals surface area (Å²) in [6.07, 6.45) is 7.58. The highest BCUT2D eigenvalue weighted by molar-refractivity contribution is 7.15. The molecule has 4 rings (SSSR count). The zero-order chi connectivity index (χ0) is 25.2. The Morgan fingerprint density at radius 2 is 1.71 bits per heavy atom. The molecule has 7 heteroatoms. The lowest BCUT2D eigenvalue weighted by Crippen LogP contribution is -2.48. The summed E-state index contributed by atoms with van der Waals surface area (Å²) in [6, 6.07) is 1.82. The largest absolute Gasteiger partial charge is 0.477 e.